The maximum Gasteiger partial charge on any atom is 0.416 e. The fourth-order valence-electron chi connectivity index (χ4n) is 4.41. The van der Waals surface area contributed by atoms with Gasteiger partial charge < -0.3 is 10.4 Å². The molecule has 0 amide bonds. The van der Waals surface area contributed by atoms with Gasteiger partial charge in [0.1, 0.15) is 5.82 Å². The summed E-state index contributed by atoms with van der Waals surface area (Å²) < 4.78 is 54.2. The van der Waals surface area contributed by atoms with Crippen molar-refractivity contribution in [2.75, 3.05) is 11.9 Å². The van der Waals surface area contributed by atoms with Crippen molar-refractivity contribution < 1.29 is 22.7 Å². The minimum atomic E-state index is -4.58. The van der Waals surface area contributed by atoms with Crippen molar-refractivity contribution in [1.29, 1.82) is 0 Å². The van der Waals surface area contributed by atoms with E-state index in [1.165, 1.54) is 0 Å². The quantitative estimate of drug-likeness (QED) is 0.607. The summed E-state index contributed by atoms with van der Waals surface area (Å²) in [6.45, 7) is 3.92. The van der Waals surface area contributed by atoms with Gasteiger partial charge in [-0.25, -0.2) is 4.39 Å². The van der Waals surface area contributed by atoms with E-state index in [1.807, 2.05) is 26.0 Å². The Balaban J connectivity index is 1.98. The summed E-state index contributed by atoms with van der Waals surface area (Å²) >= 11 is 0. The number of benzene rings is 1. The number of alkyl halides is 3. The maximum atomic E-state index is 14.6. The predicted molar refractivity (Wildman–Crippen MR) is 103 cm³/mol. The number of nitrogens with one attached hydrogen (secondary N) is 1. The van der Waals surface area contributed by atoms with Crippen LogP contribution in [0.5, 0.6) is 0 Å². The van der Waals surface area contributed by atoms with Gasteiger partial charge in [-0.15, -0.1) is 0 Å². The molecule has 0 radical (unpaired) electrons. The molecule has 0 bridgehead atoms. The number of aliphatic hydroxyl groups excluding tert-OH is 1. The molecular weight excluding hydrogens is 370 g/mol. The standard InChI is InChI=1S/C22H27F4NO/c1-13(12-28)8-9-17-14(2)18-10-16(22(24,25)26)11-19(23)21(18)27-20(17)15-6-4-3-5-7-15/h3-6,10-11,13-15,17,20,27-28H,7-9,12H2,1-2H3/t13-,14+,15?,17-,20+/m1/s1. The minimum absolute atomic E-state index is 0.0468. The van der Waals surface area contributed by atoms with Crippen LogP contribution in [0.4, 0.5) is 23.2 Å². The van der Waals surface area contributed by atoms with Crippen LogP contribution in [0.1, 0.15) is 50.2 Å². The normalized spacial score (nSPS) is 28.0. The third-order valence-electron chi connectivity index (χ3n) is 6.13. The monoisotopic (exact) mass is 397 g/mol. The second-order valence-corrected chi connectivity index (χ2v) is 8.12. The molecule has 2 N–H and O–H groups in total. The summed E-state index contributed by atoms with van der Waals surface area (Å²) in [7, 11) is 0. The Labute approximate surface area is 163 Å². The van der Waals surface area contributed by atoms with Gasteiger partial charge in [-0.05, 0) is 54.7 Å². The second-order valence-electron chi connectivity index (χ2n) is 8.12. The maximum absolute atomic E-state index is 14.6. The highest BCUT2D eigenvalue weighted by molar-refractivity contribution is 5.59. The first kappa shape index (κ1) is 20.9. The van der Waals surface area contributed by atoms with E-state index in [-0.39, 0.29) is 42.0 Å². The largest absolute Gasteiger partial charge is 0.416 e. The lowest BCUT2D eigenvalue weighted by Crippen LogP contribution is -2.43. The van der Waals surface area contributed by atoms with Crippen molar-refractivity contribution in [1.82, 2.24) is 0 Å². The number of halogens is 4. The van der Waals surface area contributed by atoms with Crippen LogP contribution in [0.25, 0.3) is 0 Å². The van der Waals surface area contributed by atoms with E-state index in [0.717, 1.165) is 25.3 Å². The summed E-state index contributed by atoms with van der Waals surface area (Å²) in [5.74, 6) is -0.751. The zero-order chi connectivity index (χ0) is 20.5. The van der Waals surface area contributed by atoms with Gasteiger partial charge in [0.25, 0.3) is 0 Å². The number of fused-ring (bicyclic) bond motifs is 1. The zero-order valence-corrected chi connectivity index (χ0v) is 16.1. The Hall–Kier alpha value is -1.82. The minimum Gasteiger partial charge on any atom is -0.396 e. The van der Waals surface area contributed by atoms with Gasteiger partial charge in [-0.3, -0.25) is 0 Å². The van der Waals surface area contributed by atoms with Crippen LogP contribution in [0.2, 0.25) is 0 Å². The molecule has 6 heteroatoms. The zero-order valence-electron chi connectivity index (χ0n) is 16.1. The van der Waals surface area contributed by atoms with Gasteiger partial charge >= 0.3 is 6.18 Å². The van der Waals surface area contributed by atoms with Crippen LogP contribution in [0, 0.1) is 23.6 Å². The molecule has 0 spiro atoms. The molecule has 3 rings (SSSR count). The summed E-state index contributed by atoms with van der Waals surface area (Å²) in [4.78, 5) is 0. The predicted octanol–water partition coefficient (Wildman–Crippen LogP) is 5.90. The molecule has 28 heavy (non-hydrogen) atoms. The molecule has 1 aromatic carbocycles. The first-order valence-corrected chi connectivity index (χ1v) is 9.83. The fourth-order valence-corrected chi connectivity index (χ4v) is 4.41. The molecule has 2 aliphatic rings. The van der Waals surface area contributed by atoms with Crippen molar-refractivity contribution in [3.63, 3.8) is 0 Å². The van der Waals surface area contributed by atoms with Crippen LogP contribution in [-0.4, -0.2) is 17.8 Å². The van der Waals surface area contributed by atoms with E-state index in [9.17, 15) is 22.7 Å². The van der Waals surface area contributed by atoms with E-state index >= 15 is 0 Å². The molecule has 5 atom stereocenters. The number of hydrogen-bond donors (Lipinski definition) is 2. The van der Waals surface area contributed by atoms with Crippen molar-refractivity contribution in [2.24, 2.45) is 17.8 Å². The lowest BCUT2D eigenvalue weighted by Gasteiger charge is -2.43. The van der Waals surface area contributed by atoms with Crippen LogP contribution in [0.3, 0.4) is 0 Å². The van der Waals surface area contributed by atoms with Gasteiger partial charge in [0.2, 0.25) is 0 Å². The lowest BCUT2D eigenvalue weighted by molar-refractivity contribution is -0.137. The summed E-state index contributed by atoms with van der Waals surface area (Å²) in [5, 5.41) is 12.6. The molecule has 2 nitrogen and oxygen atoms in total. The Morgan fingerprint density at radius 2 is 2.00 bits per heavy atom. The van der Waals surface area contributed by atoms with Crippen LogP contribution < -0.4 is 5.32 Å². The molecule has 0 saturated carbocycles. The van der Waals surface area contributed by atoms with Crippen LogP contribution in [-0.2, 0) is 6.18 Å². The van der Waals surface area contributed by atoms with Crippen LogP contribution in [0.15, 0.2) is 36.4 Å². The molecule has 1 heterocycles. The number of hydrogen-bond acceptors (Lipinski definition) is 2. The van der Waals surface area contributed by atoms with Crippen molar-refractivity contribution in [2.45, 2.75) is 51.2 Å². The van der Waals surface area contributed by atoms with Crippen molar-refractivity contribution >= 4 is 5.69 Å². The molecule has 0 fully saturated rings. The molecular formula is C22H27F4NO. The summed E-state index contributed by atoms with van der Waals surface area (Å²) in [6, 6.07) is 1.60. The third-order valence-corrected chi connectivity index (χ3v) is 6.13. The highest BCUT2D eigenvalue weighted by atomic mass is 19.4. The molecule has 1 aliphatic carbocycles. The van der Waals surface area contributed by atoms with E-state index in [0.29, 0.717) is 11.6 Å². The lowest BCUT2D eigenvalue weighted by atomic mass is 9.70. The molecule has 1 aliphatic heterocycles. The van der Waals surface area contributed by atoms with Gasteiger partial charge in [0.05, 0.1) is 11.3 Å². The van der Waals surface area contributed by atoms with Gasteiger partial charge in [-0.1, -0.05) is 38.2 Å². The number of allylic oxidation sites excluding steroid dienone is 3. The first-order valence-electron chi connectivity index (χ1n) is 9.83. The number of aliphatic hydroxyl groups is 1. The average molecular weight is 397 g/mol. The highest BCUT2D eigenvalue weighted by Gasteiger charge is 2.41. The Morgan fingerprint density at radius 3 is 2.61 bits per heavy atom. The third kappa shape index (κ3) is 4.27. The van der Waals surface area contributed by atoms with E-state index < -0.39 is 17.6 Å². The SMILES string of the molecule is C[C@@H](CO)CC[C@@H]1[C@H](C)c2cc(C(F)(F)F)cc(F)c2N[C@H]1C1C=CC=CC1. The second kappa shape index (κ2) is 8.27. The smallest absolute Gasteiger partial charge is 0.396 e. The Kier molecular flexibility index (Phi) is 6.18. The number of rotatable bonds is 5. The van der Waals surface area contributed by atoms with Gasteiger partial charge in [0.15, 0.2) is 0 Å². The van der Waals surface area contributed by atoms with Crippen LogP contribution >= 0.6 is 0 Å². The topological polar surface area (TPSA) is 32.3 Å². The molecule has 1 aromatic rings. The van der Waals surface area contributed by atoms with E-state index in [4.69, 9.17) is 0 Å². The van der Waals surface area contributed by atoms with E-state index in [1.54, 1.807) is 0 Å². The fraction of sp³-hybridized carbons (Fsp3) is 0.545. The molecule has 0 aromatic heterocycles. The molecule has 1 unspecified atom stereocenters. The highest BCUT2D eigenvalue weighted by Crippen LogP contribution is 2.46. The number of anilines is 1. The molecule has 0 saturated heterocycles. The summed E-state index contributed by atoms with van der Waals surface area (Å²) in [5.41, 5.74) is -0.362. The van der Waals surface area contributed by atoms with Crippen molar-refractivity contribution in [3.8, 4) is 0 Å². The average Bonchev–Trinajstić information content (AvgIpc) is 2.67. The Morgan fingerprint density at radius 1 is 1.25 bits per heavy atom. The molecule has 154 valence electrons. The van der Waals surface area contributed by atoms with Gasteiger partial charge in [0, 0.05) is 18.6 Å². The van der Waals surface area contributed by atoms with Crippen molar-refractivity contribution in [3.05, 3.63) is 53.4 Å². The summed E-state index contributed by atoms with van der Waals surface area (Å²) in [6.07, 6.45) is 5.83. The first-order chi connectivity index (χ1) is 13.2. The van der Waals surface area contributed by atoms with Gasteiger partial charge in [-0.2, -0.15) is 13.2 Å². The Bertz CT molecular complexity index is 756. The van der Waals surface area contributed by atoms with E-state index in [2.05, 4.69) is 17.5 Å².